The van der Waals surface area contributed by atoms with E-state index in [9.17, 15) is 9.18 Å². The number of hydrogen-bond donors (Lipinski definition) is 1. The van der Waals surface area contributed by atoms with Gasteiger partial charge in [-0.2, -0.15) is 15.0 Å². The van der Waals surface area contributed by atoms with Gasteiger partial charge in [0, 0.05) is 36.6 Å². The Kier molecular flexibility index (Phi) is 5.20. The molecule has 0 bridgehead atoms. The predicted octanol–water partition coefficient (Wildman–Crippen LogP) is 2.53. The summed E-state index contributed by atoms with van der Waals surface area (Å²) in [5, 5.41) is 11.4. The van der Waals surface area contributed by atoms with Gasteiger partial charge in [-0.05, 0) is 44.9 Å². The van der Waals surface area contributed by atoms with Crippen LogP contribution < -0.4 is 5.32 Å². The molecule has 3 aromatic rings. The minimum Gasteiger partial charge on any atom is -0.350 e. The normalized spacial score (nSPS) is 16.7. The van der Waals surface area contributed by atoms with Gasteiger partial charge in [-0.25, -0.2) is 14.4 Å². The van der Waals surface area contributed by atoms with Gasteiger partial charge >= 0.3 is 0 Å². The highest BCUT2D eigenvalue weighted by atomic mass is 19.1. The summed E-state index contributed by atoms with van der Waals surface area (Å²) in [4.78, 5) is 25.1. The molecule has 9 heteroatoms. The van der Waals surface area contributed by atoms with Gasteiger partial charge in [-0.3, -0.25) is 4.79 Å². The van der Waals surface area contributed by atoms with E-state index in [2.05, 4.69) is 25.5 Å². The smallest absolute Gasteiger partial charge is 0.256 e. The van der Waals surface area contributed by atoms with Crippen molar-refractivity contribution in [3.8, 4) is 5.69 Å². The minimum atomic E-state index is -0.445. The molecule has 1 N–H and O–H groups in total. The first-order chi connectivity index (χ1) is 14.0. The zero-order valence-electron chi connectivity index (χ0n) is 16.3. The molecule has 1 amide bonds. The van der Waals surface area contributed by atoms with Crippen molar-refractivity contribution in [3.05, 3.63) is 59.4 Å². The number of carbonyl (C=O) groups excluding carboxylic acids is 1. The number of aromatic nitrogens is 5. The molecule has 1 unspecified atom stereocenters. The number of amides is 1. The van der Waals surface area contributed by atoms with Crippen molar-refractivity contribution in [2.75, 3.05) is 18.4 Å². The van der Waals surface area contributed by atoms with Crippen molar-refractivity contribution < 1.29 is 9.18 Å². The number of piperidine rings is 1. The van der Waals surface area contributed by atoms with Crippen molar-refractivity contribution in [1.82, 2.24) is 29.9 Å². The fourth-order valence-corrected chi connectivity index (χ4v) is 3.61. The Hall–Kier alpha value is -3.36. The third kappa shape index (κ3) is 4.23. The largest absolute Gasteiger partial charge is 0.350 e. The molecule has 29 heavy (non-hydrogen) atoms. The number of anilines is 1. The van der Waals surface area contributed by atoms with Crippen LogP contribution in [0.15, 0.2) is 36.7 Å². The second-order valence-electron chi connectivity index (χ2n) is 7.19. The lowest BCUT2D eigenvalue weighted by molar-refractivity contribution is 0.0714. The first-order valence-corrected chi connectivity index (χ1v) is 9.54. The van der Waals surface area contributed by atoms with Crippen LogP contribution in [0.2, 0.25) is 0 Å². The Labute approximate surface area is 167 Å². The molecule has 3 heterocycles. The molecule has 0 aliphatic carbocycles. The number of aryl methyl sites for hydroxylation is 2. The average molecular weight is 395 g/mol. The van der Waals surface area contributed by atoms with Crippen LogP contribution >= 0.6 is 0 Å². The fraction of sp³-hybridized carbons (Fsp3) is 0.350. The van der Waals surface area contributed by atoms with Crippen LogP contribution in [-0.2, 0) is 0 Å². The molecule has 4 rings (SSSR count). The Bertz CT molecular complexity index is 1000. The van der Waals surface area contributed by atoms with Gasteiger partial charge < -0.3 is 10.2 Å². The second-order valence-corrected chi connectivity index (χ2v) is 7.19. The molecule has 1 aliphatic rings. The summed E-state index contributed by atoms with van der Waals surface area (Å²) in [7, 11) is 0. The Morgan fingerprint density at radius 1 is 1.14 bits per heavy atom. The van der Waals surface area contributed by atoms with E-state index in [-0.39, 0.29) is 11.9 Å². The van der Waals surface area contributed by atoms with E-state index < -0.39 is 5.82 Å². The van der Waals surface area contributed by atoms with E-state index in [1.54, 1.807) is 4.90 Å². The highest BCUT2D eigenvalue weighted by Crippen LogP contribution is 2.21. The maximum absolute atomic E-state index is 13.8. The highest BCUT2D eigenvalue weighted by Gasteiger charge is 2.27. The predicted molar refractivity (Wildman–Crippen MR) is 105 cm³/mol. The summed E-state index contributed by atoms with van der Waals surface area (Å²) in [5.74, 6) is -0.0471. The topological polar surface area (TPSA) is 88.8 Å². The summed E-state index contributed by atoms with van der Waals surface area (Å²) < 4.78 is 13.8. The third-order valence-electron chi connectivity index (χ3n) is 4.85. The quantitative estimate of drug-likeness (QED) is 0.730. The van der Waals surface area contributed by atoms with Crippen LogP contribution in [0, 0.1) is 19.7 Å². The van der Waals surface area contributed by atoms with Crippen LogP contribution in [0.4, 0.5) is 10.3 Å². The van der Waals surface area contributed by atoms with Crippen molar-refractivity contribution >= 4 is 11.9 Å². The highest BCUT2D eigenvalue weighted by molar-refractivity contribution is 5.97. The van der Waals surface area contributed by atoms with Crippen LogP contribution in [0.3, 0.4) is 0 Å². The lowest BCUT2D eigenvalue weighted by atomic mass is 10.0. The number of rotatable bonds is 4. The van der Waals surface area contributed by atoms with Crippen molar-refractivity contribution in [2.24, 2.45) is 0 Å². The van der Waals surface area contributed by atoms with Gasteiger partial charge in [0.2, 0.25) is 5.95 Å². The lowest BCUT2D eigenvalue weighted by Gasteiger charge is -2.33. The van der Waals surface area contributed by atoms with E-state index in [0.717, 1.165) is 24.2 Å². The number of nitrogens with one attached hydrogen (secondary N) is 1. The summed E-state index contributed by atoms with van der Waals surface area (Å²) in [5.41, 5.74) is 2.48. The first-order valence-electron chi connectivity index (χ1n) is 9.54. The van der Waals surface area contributed by atoms with Crippen LogP contribution in [0.5, 0.6) is 0 Å². The van der Waals surface area contributed by atoms with Gasteiger partial charge in [0.1, 0.15) is 11.5 Å². The standard InChI is InChI=1S/C20H22FN7O/c1-13-10-14(2)25-20(24-13)26-16-4-3-9-27(12-16)19(29)17-6-5-15(21)11-18(17)28-22-7-8-23-28/h5-8,10-11,16H,3-4,9,12H2,1-2H3,(H,24,25,26). The summed E-state index contributed by atoms with van der Waals surface area (Å²) in [6.07, 6.45) is 4.75. The van der Waals surface area contributed by atoms with Crippen molar-refractivity contribution in [3.63, 3.8) is 0 Å². The molecule has 8 nitrogen and oxygen atoms in total. The van der Waals surface area contributed by atoms with Crippen LogP contribution in [-0.4, -0.2) is 54.9 Å². The molecule has 1 atom stereocenters. The van der Waals surface area contributed by atoms with E-state index >= 15 is 0 Å². The molecule has 150 valence electrons. The molecule has 0 radical (unpaired) electrons. The lowest BCUT2D eigenvalue weighted by Crippen LogP contribution is -2.45. The van der Waals surface area contributed by atoms with Gasteiger partial charge in [0.05, 0.1) is 18.0 Å². The summed E-state index contributed by atoms with van der Waals surface area (Å²) in [6, 6.07) is 6.00. The average Bonchev–Trinajstić information content (AvgIpc) is 3.21. The second kappa shape index (κ2) is 7.94. The van der Waals surface area contributed by atoms with Gasteiger partial charge in [0.25, 0.3) is 5.91 Å². The Balaban J connectivity index is 1.54. The van der Waals surface area contributed by atoms with Gasteiger partial charge in [-0.15, -0.1) is 0 Å². The molecule has 1 saturated heterocycles. The molecular weight excluding hydrogens is 373 g/mol. The van der Waals surface area contributed by atoms with Gasteiger partial charge in [-0.1, -0.05) is 0 Å². The molecule has 0 saturated carbocycles. The molecular formula is C20H22FN7O. The first kappa shape index (κ1) is 19.0. The maximum Gasteiger partial charge on any atom is 0.256 e. The Morgan fingerprint density at radius 2 is 1.86 bits per heavy atom. The Morgan fingerprint density at radius 3 is 2.59 bits per heavy atom. The van der Waals surface area contributed by atoms with Gasteiger partial charge in [0.15, 0.2) is 0 Å². The number of carbonyl (C=O) groups is 1. The number of halogens is 1. The molecule has 1 aliphatic heterocycles. The monoisotopic (exact) mass is 395 g/mol. The third-order valence-corrected chi connectivity index (χ3v) is 4.85. The van der Waals surface area contributed by atoms with E-state index in [1.807, 2.05) is 19.9 Å². The zero-order chi connectivity index (χ0) is 20.4. The SMILES string of the molecule is Cc1cc(C)nc(NC2CCCN(C(=O)c3ccc(F)cc3-n3nccn3)C2)n1. The fourth-order valence-electron chi connectivity index (χ4n) is 3.61. The molecule has 1 fully saturated rings. The molecule has 1 aromatic carbocycles. The number of likely N-dealkylation sites (tertiary alicyclic amines) is 1. The van der Waals surface area contributed by atoms with E-state index in [4.69, 9.17) is 0 Å². The summed E-state index contributed by atoms with van der Waals surface area (Å²) in [6.45, 7) is 5.00. The summed E-state index contributed by atoms with van der Waals surface area (Å²) >= 11 is 0. The molecule has 0 spiro atoms. The number of nitrogens with zero attached hydrogens (tertiary/aromatic N) is 6. The van der Waals surface area contributed by atoms with Crippen molar-refractivity contribution in [1.29, 1.82) is 0 Å². The number of benzene rings is 1. The van der Waals surface area contributed by atoms with Crippen molar-refractivity contribution in [2.45, 2.75) is 32.7 Å². The van der Waals surface area contributed by atoms with E-state index in [0.29, 0.717) is 30.3 Å². The minimum absolute atomic E-state index is 0.0422. The molecule has 2 aromatic heterocycles. The zero-order valence-corrected chi connectivity index (χ0v) is 16.3. The van der Waals surface area contributed by atoms with Crippen LogP contribution in [0.1, 0.15) is 34.6 Å². The van der Waals surface area contributed by atoms with E-state index in [1.165, 1.54) is 35.4 Å². The van der Waals surface area contributed by atoms with Crippen LogP contribution in [0.25, 0.3) is 5.69 Å². The number of hydrogen-bond acceptors (Lipinski definition) is 6. The maximum atomic E-state index is 13.8.